The quantitative estimate of drug-likeness (QED) is 0.307. The number of ether oxygens (including phenoxy) is 1. The Morgan fingerprint density at radius 2 is 1.87 bits per heavy atom. The molecule has 45 heavy (non-hydrogen) atoms. The van der Waals surface area contributed by atoms with Gasteiger partial charge in [0.25, 0.3) is 11.8 Å². The average Bonchev–Trinajstić information content (AvgIpc) is 3.85. The maximum Gasteiger partial charge on any atom is 0.273 e. The molecule has 2 fully saturated rings. The molecular weight excluding hydrogens is 576 g/mol. The molecule has 13 heteroatoms. The van der Waals surface area contributed by atoms with E-state index in [0.717, 1.165) is 49.8 Å². The molecule has 2 aliphatic carbocycles. The SMILES string of the molecule is CNC(=O)c1nnc(NC(=O)C2CC2)cc1Nc1cccc(-c2ccc(C(=O)N(C)CC3=NO[C@H]4CCCC[C@@H]34)nc2)c1OC. The number of carbonyl (C=O) groups excluding carboxylic acids is 3. The van der Waals surface area contributed by atoms with Crippen molar-refractivity contribution in [2.75, 3.05) is 38.4 Å². The van der Waals surface area contributed by atoms with E-state index in [0.29, 0.717) is 34.9 Å². The van der Waals surface area contributed by atoms with Crippen LogP contribution in [0.1, 0.15) is 59.5 Å². The number of pyridine rings is 1. The smallest absolute Gasteiger partial charge is 0.273 e. The fraction of sp³-hybridized carbons (Fsp3) is 0.406. The number of nitrogens with one attached hydrogen (secondary N) is 3. The number of nitrogens with zero attached hydrogens (tertiary/aromatic N) is 5. The summed E-state index contributed by atoms with van der Waals surface area (Å²) >= 11 is 0. The van der Waals surface area contributed by atoms with Gasteiger partial charge in [-0.15, -0.1) is 10.2 Å². The summed E-state index contributed by atoms with van der Waals surface area (Å²) in [7, 11) is 4.79. The molecule has 3 heterocycles. The molecule has 0 spiro atoms. The van der Waals surface area contributed by atoms with Crippen LogP contribution < -0.4 is 20.7 Å². The summed E-state index contributed by atoms with van der Waals surface area (Å²) in [6.45, 7) is 0.402. The number of para-hydroxylation sites is 1. The Kier molecular flexibility index (Phi) is 8.58. The number of aromatic nitrogens is 3. The van der Waals surface area contributed by atoms with Crippen molar-refractivity contribution in [2.24, 2.45) is 17.0 Å². The van der Waals surface area contributed by atoms with Crippen LogP contribution in [0.4, 0.5) is 17.2 Å². The van der Waals surface area contributed by atoms with Crippen molar-refractivity contribution < 1.29 is 24.0 Å². The van der Waals surface area contributed by atoms with Crippen LogP contribution >= 0.6 is 0 Å². The fourth-order valence-electron chi connectivity index (χ4n) is 5.78. The van der Waals surface area contributed by atoms with E-state index in [4.69, 9.17) is 9.57 Å². The summed E-state index contributed by atoms with van der Waals surface area (Å²) in [4.78, 5) is 49.9. The largest absolute Gasteiger partial charge is 0.494 e. The first-order valence-corrected chi connectivity index (χ1v) is 15.2. The molecule has 13 nitrogen and oxygen atoms in total. The van der Waals surface area contributed by atoms with Gasteiger partial charge in [0.15, 0.2) is 11.5 Å². The van der Waals surface area contributed by atoms with Gasteiger partial charge < -0.3 is 30.4 Å². The van der Waals surface area contributed by atoms with Gasteiger partial charge in [0, 0.05) is 49.3 Å². The Hall–Kier alpha value is -5.07. The molecule has 3 aromatic rings. The van der Waals surface area contributed by atoms with E-state index in [-0.39, 0.29) is 41.3 Å². The Morgan fingerprint density at radius 3 is 2.60 bits per heavy atom. The third-order valence-corrected chi connectivity index (χ3v) is 8.40. The first kappa shape index (κ1) is 30.0. The Morgan fingerprint density at radius 1 is 1.04 bits per heavy atom. The summed E-state index contributed by atoms with van der Waals surface area (Å²) in [6.07, 6.45) is 7.80. The molecule has 3 N–H and O–H groups in total. The Labute approximate surface area is 260 Å². The summed E-state index contributed by atoms with van der Waals surface area (Å²) in [6, 6.07) is 10.6. The molecule has 1 aromatic carbocycles. The number of rotatable bonds is 10. The lowest BCUT2D eigenvalue weighted by Crippen LogP contribution is -2.37. The number of fused-ring (bicyclic) bond motifs is 1. The van der Waals surface area contributed by atoms with E-state index in [9.17, 15) is 14.4 Å². The second-order valence-corrected chi connectivity index (χ2v) is 11.6. The lowest BCUT2D eigenvalue weighted by molar-refractivity contribution is -0.117. The molecule has 3 amide bonds. The number of hydrogen-bond acceptors (Lipinski definition) is 10. The van der Waals surface area contributed by atoms with Crippen molar-refractivity contribution in [1.29, 1.82) is 0 Å². The third kappa shape index (κ3) is 6.42. The van der Waals surface area contributed by atoms with Gasteiger partial charge >= 0.3 is 0 Å². The van der Waals surface area contributed by atoms with Crippen LogP contribution in [0.25, 0.3) is 11.1 Å². The van der Waals surface area contributed by atoms with Crippen molar-refractivity contribution in [1.82, 2.24) is 25.4 Å². The van der Waals surface area contributed by atoms with Crippen LogP contribution in [-0.2, 0) is 9.63 Å². The van der Waals surface area contributed by atoms with E-state index in [1.54, 1.807) is 43.5 Å². The Balaban J connectivity index is 1.20. The van der Waals surface area contributed by atoms with Crippen molar-refractivity contribution >= 4 is 40.6 Å². The summed E-state index contributed by atoms with van der Waals surface area (Å²) in [5, 5.41) is 20.9. The van der Waals surface area contributed by atoms with Crippen molar-refractivity contribution in [3.8, 4) is 16.9 Å². The lowest BCUT2D eigenvalue weighted by atomic mass is 9.84. The molecule has 2 atom stereocenters. The summed E-state index contributed by atoms with van der Waals surface area (Å²) < 4.78 is 5.80. The molecule has 0 unspecified atom stereocenters. The van der Waals surface area contributed by atoms with Crippen LogP contribution in [-0.4, -0.2) is 77.4 Å². The van der Waals surface area contributed by atoms with Gasteiger partial charge in [0.1, 0.15) is 17.5 Å². The van der Waals surface area contributed by atoms with Crippen molar-refractivity contribution in [3.63, 3.8) is 0 Å². The number of methoxy groups -OCH3 is 1. The zero-order valence-corrected chi connectivity index (χ0v) is 25.5. The predicted octanol–water partition coefficient (Wildman–Crippen LogP) is 4.02. The minimum absolute atomic E-state index is 0.0186. The highest BCUT2D eigenvalue weighted by Crippen LogP contribution is 2.39. The first-order valence-electron chi connectivity index (χ1n) is 15.2. The van der Waals surface area contributed by atoms with Crippen LogP contribution in [0.5, 0.6) is 5.75 Å². The summed E-state index contributed by atoms with van der Waals surface area (Å²) in [5.74, 6) is 0.208. The van der Waals surface area contributed by atoms with Gasteiger partial charge in [0.05, 0.1) is 30.7 Å². The maximum atomic E-state index is 13.2. The van der Waals surface area contributed by atoms with Crippen LogP contribution in [0, 0.1) is 11.8 Å². The second-order valence-electron chi connectivity index (χ2n) is 11.6. The Bertz CT molecular complexity index is 1640. The second kappa shape index (κ2) is 12.9. The lowest BCUT2D eigenvalue weighted by Gasteiger charge is -2.25. The van der Waals surface area contributed by atoms with E-state index in [2.05, 4.69) is 36.3 Å². The summed E-state index contributed by atoms with van der Waals surface area (Å²) in [5.41, 5.74) is 3.62. The highest BCUT2D eigenvalue weighted by molar-refractivity contribution is 6.00. The number of carbonyl (C=O) groups is 3. The molecule has 0 bridgehead atoms. The van der Waals surface area contributed by atoms with Crippen molar-refractivity contribution in [2.45, 2.75) is 44.6 Å². The van der Waals surface area contributed by atoms with E-state index in [1.165, 1.54) is 7.05 Å². The molecule has 234 valence electrons. The van der Waals surface area contributed by atoms with Gasteiger partial charge in [-0.25, -0.2) is 0 Å². The third-order valence-electron chi connectivity index (χ3n) is 8.40. The van der Waals surface area contributed by atoms with E-state index in [1.807, 2.05) is 18.2 Å². The van der Waals surface area contributed by atoms with Gasteiger partial charge in [-0.05, 0) is 44.2 Å². The molecule has 0 radical (unpaired) electrons. The molecular formula is C32H36N8O5. The van der Waals surface area contributed by atoms with Crippen molar-refractivity contribution in [3.05, 3.63) is 54.0 Å². The number of hydrogen-bond donors (Lipinski definition) is 3. The monoisotopic (exact) mass is 612 g/mol. The molecule has 3 aliphatic rings. The van der Waals surface area contributed by atoms with Gasteiger partial charge in [-0.2, -0.15) is 0 Å². The van der Waals surface area contributed by atoms with Gasteiger partial charge in [0.2, 0.25) is 5.91 Å². The number of oxime groups is 1. The zero-order chi connectivity index (χ0) is 31.5. The van der Waals surface area contributed by atoms with Gasteiger partial charge in [-0.1, -0.05) is 29.8 Å². The highest BCUT2D eigenvalue weighted by atomic mass is 16.6. The predicted molar refractivity (Wildman–Crippen MR) is 168 cm³/mol. The molecule has 0 saturated heterocycles. The number of anilines is 3. The maximum absolute atomic E-state index is 13.2. The normalized spacial score (nSPS) is 18.6. The molecule has 2 saturated carbocycles. The number of amides is 3. The van der Waals surface area contributed by atoms with Crippen LogP contribution in [0.3, 0.4) is 0 Å². The zero-order valence-electron chi connectivity index (χ0n) is 25.5. The molecule has 2 aromatic heterocycles. The number of benzene rings is 1. The van der Waals surface area contributed by atoms with E-state index < -0.39 is 5.91 Å². The standard InChI is InChI=1S/C32H36N8O5/c1-33-31(42)28-24(15-27(37-38-28)36-30(41)18-11-12-18)35-22-9-6-8-20(29(22)44-3)19-13-14-23(34-16-19)32(43)40(2)17-25-21-7-4-5-10-26(21)45-39-25/h6,8-9,13-16,18,21,26H,4-5,7,10-12,17H2,1-3H3,(H,33,42)(H2,35,36,37,41)/t21-,26-/m0/s1. The van der Waals surface area contributed by atoms with Crippen LogP contribution in [0.2, 0.25) is 0 Å². The molecule has 1 aliphatic heterocycles. The average molecular weight is 613 g/mol. The molecule has 6 rings (SSSR count). The first-order chi connectivity index (χ1) is 21.9. The highest BCUT2D eigenvalue weighted by Gasteiger charge is 2.37. The minimum atomic E-state index is -0.444. The van der Waals surface area contributed by atoms with Crippen LogP contribution in [0.15, 0.2) is 47.8 Å². The minimum Gasteiger partial charge on any atom is -0.494 e. The fourth-order valence-corrected chi connectivity index (χ4v) is 5.78. The topological polar surface area (TPSA) is 160 Å². The van der Waals surface area contributed by atoms with E-state index >= 15 is 0 Å². The van der Waals surface area contributed by atoms with Gasteiger partial charge in [-0.3, -0.25) is 19.4 Å².